The van der Waals surface area contributed by atoms with E-state index in [1.165, 1.54) is 5.69 Å². The number of hydrogen-bond donors (Lipinski definition) is 2. The largest absolute Gasteiger partial charge is 0.396 e. The number of nitrogens with zero attached hydrogens (tertiary/aromatic N) is 3. The molecule has 0 amide bonds. The maximum Gasteiger partial charge on any atom is 0.132 e. The molecule has 0 radical (unpaired) electrons. The fourth-order valence-corrected chi connectivity index (χ4v) is 4.36. The van der Waals surface area contributed by atoms with Crippen molar-refractivity contribution >= 4 is 29.0 Å². The van der Waals surface area contributed by atoms with Crippen molar-refractivity contribution < 1.29 is 9.50 Å². The maximum absolute atomic E-state index is 14.1. The number of hydrogen-bond acceptors (Lipinski definition) is 5. The van der Waals surface area contributed by atoms with Crippen molar-refractivity contribution in [2.24, 2.45) is 11.8 Å². The summed E-state index contributed by atoms with van der Waals surface area (Å²) >= 11 is 0. The summed E-state index contributed by atoms with van der Waals surface area (Å²) < 4.78 is 14.1. The molecule has 1 fully saturated rings. The molecule has 1 unspecified atom stereocenters. The lowest BCUT2D eigenvalue weighted by molar-refractivity contribution is 0.209. The summed E-state index contributed by atoms with van der Waals surface area (Å²) in [7, 11) is 0. The number of aromatic nitrogens is 1. The maximum atomic E-state index is 14.1. The van der Waals surface area contributed by atoms with Gasteiger partial charge in [0.1, 0.15) is 11.6 Å². The molecule has 0 aliphatic carbocycles. The van der Waals surface area contributed by atoms with Gasteiger partial charge in [0.25, 0.3) is 0 Å². The molecule has 31 heavy (non-hydrogen) atoms. The Balaban J connectivity index is 1.46. The van der Waals surface area contributed by atoms with Crippen LogP contribution in [0.2, 0.25) is 0 Å². The molecule has 1 aromatic carbocycles. The molecule has 2 N–H and O–H groups in total. The molecule has 166 valence electrons. The number of aliphatic hydroxyl groups excluding tert-OH is 1. The minimum Gasteiger partial charge on any atom is -0.396 e. The molecule has 1 aromatic heterocycles. The quantitative estimate of drug-likeness (QED) is 0.639. The lowest BCUT2D eigenvalue weighted by atomic mass is 9.98. The van der Waals surface area contributed by atoms with Gasteiger partial charge in [-0.1, -0.05) is 13.8 Å². The number of pyridine rings is 1. The first kappa shape index (κ1) is 21.6. The predicted octanol–water partition coefficient (Wildman–Crippen LogP) is 5.21. The Morgan fingerprint density at radius 1 is 1.26 bits per heavy atom. The number of fused-ring (bicyclic) bond motifs is 1. The van der Waals surface area contributed by atoms with Crippen LogP contribution < -0.4 is 15.1 Å². The first-order valence-electron chi connectivity index (χ1n) is 11.4. The van der Waals surface area contributed by atoms with Crippen molar-refractivity contribution in [3.63, 3.8) is 0 Å². The lowest BCUT2D eigenvalue weighted by Crippen LogP contribution is -2.36. The Labute approximate surface area is 184 Å². The van der Waals surface area contributed by atoms with Crippen LogP contribution >= 0.6 is 0 Å². The smallest absolute Gasteiger partial charge is 0.132 e. The SMILES string of the molecule is CC(C)CCN1CC(F)=Cc2cnc(Nc3ccc(N4CCCC(CO)C4)cc3)cc21. The zero-order valence-electron chi connectivity index (χ0n) is 18.5. The van der Waals surface area contributed by atoms with Crippen LogP contribution in [0.3, 0.4) is 0 Å². The number of rotatable bonds is 7. The van der Waals surface area contributed by atoms with Gasteiger partial charge in [-0.2, -0.15) is 0 Å². The van der Waals surface area contributed by atoms with Crippen molar-refractivity contribution in [2.75, 3.05) is 47.9 Å². The van der Waals surface area contributed by atoms with Gasteiger partial charge >= 0.3 is 0 Å². The van der Waals surface area contributed by atoms with E-state index in [1.807, 2.05) is 6.07 Å². The minimum atomic E-state index is -0.115. The molecule has 2 aliphatic heterocycles. The molecule has 0 saturated carbocycles. The van der Waals surface area contributed by atoms with E-state index >= 15 is 0 Å². The Morgan fingerprint density at radius 3 is 2.81 bits per heavy atom. The molecule has 0 spiro atoms. The molecule has 1 atom stereocenters. The van der Waals surface area contributed by atoms with Gasteiger partial charge in [-0.3, -0.25) is 0 Å². The van der Waals surface area contributed by atoms with E-state index in [2.05, 4.69) is 58.2 Å². The van der Waals surface area contributed by atoms with Crippen LogP contribution in [0, 0.1) is 11.8 Å². The molecular weight excluding hydrogens is 391 g/mol. The second-order valence-corrected chi connectivity index (χ2v) is 9.13. The van der Waals surface area contributed by atoms with Crippen LogP contribution in [0.4, 0.5) is 27.3 Å². The van der Waals surface area contributed by atoms with Crippen molar-refractivity contribution in [2.45, 2.75) is 33.1 Å². The molecule has 3 heterocycles. The summed E-state index contributed by atoms with van der Waals surface area (Å²) in [6.07, 6.45) is 6.57. The van der Waals surface area contributed by atoms with Crippen molar-refractivity contribution in [1.82, 2.24) is 4.98 Å². The Morgan fingerprint density at radius 2 is 2.06 bits per heavy atom. The molecule has 4 rings (SSSR count). The van der Waals surface area contributed by atoms with Crippen molar-refractivity contribution in [1.29, 1.82) is 0 Å². The predicted molar refractivity (Wildman–Crippen MR) is 127 cm³/mol. The van der Waals surface area contributed by atoms with E-state index in [1.54, 1.807) is 12.3 Å². The van der Waals surface area contributed by atoms with Crippen LogP contribution in [0.15, 0.2) is 42.4 Å². The number of nitrogens with one attached hydrogen (secondary N) is 1. The summed E-state index contributed by atoms with van der Waals surface area (Å²) in [5, 5.41) is 12.9. The van der Waals surface area contributed by atoms with E-state index in [0.717, 1.165) is 61.7 Å². The third kappa shape index (κ3) is 5.37. The highest BCUT2D eigenvalue weighted by Crippen LogP contribution is 2.32. The highest BCUT2D eigenvalue weighted by Gasteiger charge is 2.21. The molecule has 5 nitrogen and oxygen atoms in total. The van der Waals surface area contributed by atoms with Gasteiger partial charge in [0.05, 0.1) is 6.54 Å². The van der Waals surface area contributed by atoms with E-state index < -0.39 is 0 Å². The summed E-state index contributed by atoms with van der Waals surface area (Å²) in [6.45, 7) is 7.73. The van der Waals surface area contributed by atoms with Crippen LogP contribution in [-0.4, -0.2) is 42.9 Å². The Bertz CT molecular complexity index is 912. The second kappa shape index (κ2) is 9.69. The van der Waals surface area contributed by atoms with Gasteiger partial charge < -0.3 is 20.2 Å². The van der Waals surface area contributed by atoms with Gasteiger partial charge in [0.2, 0.25) is 0 Å². The standard InChI is InChI=1S/C25H33FN4O/c1-18(2)9-11-30-16-21(26)12-20-14-27-25(13-24(20)30)28-22-5-7-23(8-6-22)29-10-3-4-19(15-29)17-31/h5-8,12-14,18-19,31H,3-4,9-11,15-17H2,1-2H3,(H,27,28). The Kier molecular flexibility index (Phi) is 6.76. The van der Waals surface area contributed by atoms with E-state index in [-0.39, 0.29) is 12.4 Å². The normalized spacial score (nSPS) is 18.7. The van der Waals surface area contributed by atoms with Gasteiger partial charge in [0, 0.05) is 61.1 Å². The highest BCUT2D eigenvalue weighted by molar-refractivity contribution is 5.75. The molecule has 2 aliphatic rings. The lowest BCUT2D eigenvalue weighted by Gasteiger charge is -2.33. The number of piperidine rings is 1. The molecule has 1 saturated heterocycles. The summed E-state index contributed by atoms with van der Waals surface area (Å²) in [6, 6.07) is 10.4. The monoisotopic (exact) mass is 424 g/mol. The molecule has 2 aromatic rings. The third-order valence-electron chi connectivity index (χ3n) is 6.17. The topological polar surface area (TPSA) is 51.6 Å². The highest BCUT2D eigenvalue weighted by atomic mass is 19.1. The van der Waals surface area contributed by atoms with Gasteiger partial charge in [-0.05, 0) is 61.4 Å². The third-order valence-corrected chi connectivity index (χ3v) is 6.17. The summed E-state index contributed by atoms with van der Waals surface area (Å²) in [5.74, 6) is 1.58. The van der Waals surface area contributed by atoms with Crippen LogP contribution in [0.5, 0.6) is 0 Å². The zero-order chi connectivity index (χ0) is 21.8. The van der Waals surface area contributed by atoms with Gasteiger partial charge in [-0.25, -0.2) is 9.37 Å². The minimum absolute atomic E-state index is 0.115. The fourth-order valence-electron chi connectivity index (χ4n) is 4.36. The van der Waals surface area contributed by atoms with Gasteiger partial charge in [0.15, 0.2) is 0 Å². The average Bonchev–Trinajstić information content (AvgIpc) is 2.78. The number of halogens is 1. The summed E-state index contributed by atoms with van der Waals surface area (Å²) in [4.78, 5) is 8.95. The van der Waals surface area contributed by atoms with Crippen molar-refractivity contribution in [3.8, 4) is 0 Å². The number of benzene rings is 1. The van der Waals surface area contributed by atoms with E-state index in [0.29, 0.717) is 18.4 Å². The zero-order valence-corrected chi connectivity index (χ0v) is 18.5. The van der Waals surface area contributed by atoms with Crippen LogP contribution in [0.1, 0.15) is 38.7 Å². The molecular formula is C25H33FN4O. The molecule has 6 heteroatoms. The second-order valence-electron chi connectivity index (χ2n) is 9.13. The number of aliphatic hydroxyl groups is 1. The first-order valence-corrected chi connectivity index (χ1v) is 11.4. The van der Waals surface area contributed by atoms with Crippen LogP contribution in [0.25, 0.3) is 6.08 Å². The average molecular weight is 425 g/mol. The fraction of sp³-hybridized carbons (Fsp3) is 0.480. The Hall–Kier alpha value is -2.60. The van der Waals surface area contributed by atoms with Gasteiger partial charge in [-0.15, -0.1) is 0 Å². The first-order chi connectivity index (χ1) is 15.0. The summed E-state index contributed by atoms with van der Waals surface area (Å²) in [5.41, 5.74) is 4.01. The number of anilines is 4. The van der Waals surface area contributed by atoms with E-state index in [9.17, 15) is 9.50 Å². The van der Waals surface area contributed by atoms with E-state index in [4.69, 9.17) is 0 Å². The van der Waals surface area contributed by atoms with Crippen LogP contribution in [-0.2, 0) is 0 Å². The molecule has 0 bridgehead atoms. The van der Waals surface area contributed by atoms with Crippen molar-refractivity contribution in [3.05, 3.63) is 47.9 Å².